The first-order valence-electron chi connectivity index (χ1n) is 6.85. The van der Waals surface area contributed by atoms with Crippen LogP contribution in [0.1, 0.15) is 44.1 Å². The van der Waals surface area contributed by atoms with E-state index in [0.29, 0.717) is 6.10 Å². The van der Waals surface area contributed by atoms with E-state index in [1.54, 1.807) is 7.11 Å². The van der Waals surface area contributed by atoms with Gasteiger partial charge in [0.2, 0.25) is 0 Å². The van der Waals surface area contributed by atoms with Crippen molar-refractivity contribution in [1.29, 1.82) is 0 Å². The molecular formula is C15H21NO2. The molecule has 0 saturated heterocycles. The molecule has 0 unspecified atom stereocenters. The smallest absolute Gasteiger partial charge is 0.161 e. The molecule has 2 fully saturated rings. The molecule has 0 bridgehead atoms. The van der Waals surface area contributed by atoms with E-state index in [4.69, 9.17) is 15.2 Å². The van der Waals surface area contributed by atoms with Crippen LogP contribution in [0.2, 0.25) is 0 Å². The number of hydrogen-bond acceptors (Lipinski definition) is 3. The molecule has 1 aromatic rings. The molecule has 0 heterocycles. The van der Waals surface area contributed by atoms with Crippen LogP contribution < -0.4 is 15.2 Å². The van der Waals surface area contributed by atoms with Crippen molar-refractivity contribution in [2.75, 3.05) is 7.11 Å². The lowest BCUT2D eigenvalue weighted by atomic mass is 9.73. The van der Waals surface area contributed by atoms with Crippen molar-refractivity contribution in [2.45, 2.75) is 50.2 Å². The predicted molar refractivity (Wildman–Crippen MR) is 71.0 cm³/mol. The Morgan fingerprint density at radius 3 is 2.44 bits per heavy atom. The van der Waals surface area contributed by atoms with E-state index in [1.807, 2.05) is 6.07 Å². The van der Waals surface area contributed by atoms with Crippen molar-refractivity contribution in [3.05, 3.63) is 23.8 Å². The van der Waals surface area contributed by atoms with Crippen LogP contribution in [0.4, 0.5) is 0 Å². The SMILES string of the molecule is COc1ccc(C2(N)CCC2)cc1OC1CCC1. The quantitative estimate of drug-likeness (QED) is 0.889. The van der Waals surface area contributed by atoms with Gasteiger partial charge in [0.25, 0.3) is 0 Å². The molecule has 2 saturated carbocycles. The summed E-state index contributed by atoms with van der Waals surface area (Å²) in [6.07, 6.45) is 7.31. The van der Waals surface area contributed by atoms with Gasteiger partial charge in [-0.05, 0) is 56.2 Å². The minimum Gasteiger partial charge on any atom is -0.493 e. The molecule has 0 aliphatic heterocycles. The van der Waals surface area contributed by atoms with Gasteiger partial charge in [-0.15, -0.1) is 0 Å². The van der Waals surface area contributed by atoms with Crippen molar-refractivity contribution in [2.24, 2.45) is 5.73 Å². The summed E-state index contributed by atoms with van der Waals surface area (Å²) in [6.45, 7) is 0. The van der Waals surface area contributed by atoms with Crippen LogP contribution in [0.5, 0.6) is 11.5 Å². The van der Waals surface area contributed by atoms with Gasteiger partial charge in [0.15, 0.2) is 11.5 Å². The molecule has 3 rings (SSSR count). The maximum atomic E-state index is 6.37. The fourth-order valence-electron chi connectivity index (χ4n) is 2.59. The average molecular weight is 247 g/mol. The summed E-state index contributed by atoms with van der Waals surface area (Å²) in [5.41, 5.74) is 7.41. The number of benzene rings is 1. The van der Waals surface area contributed by atoms with Gasteiger partial charge in [-0.2, -0.15) is 0 Å². The Morgan fingerprint density at radius 2 is 1.94 bits per heavy atom. The third kappa shape index (κ3) is 1.97. The van der Waals surface area contributed by atoms with Gasteiger partial charge in [-0.1, -0.05) is 6.07 Å². The molecule has 18 heavy (non-hydrogen) atoms. The third-order valence-electron chi connectivity index (χ3n) is 4.33. The van der Waals surface area contributed by atoms with E-state index in [1.165, 1.54) is 18.4 Å². The van der Waals surface area contributed by atoms with Crippen LogP contribution in [0, 0.1) is 0 Å². The maximum absolute atomic E-state index is 6.37. The van der Waals surface area contributed by atoms with Gasteiger partial charge in [0.1, 0.15) is 0 Å². The molecule has 0 atom stereocenters. The molecule has 0 radical (unpaired) electrons. The van der Waals surface area contributed by atoms with E-state index in [-0.39, 0.29) is 5.54 Å². The van der Waals surface area contributed by atoms with E-state index in [0.717, 1.165) is 37.2 Å². The summed E-state index contributed by atoms with van der Waals surface area (Å²) in [5, 5.41) is 0. The zero-order valence-corrected chi connectivity index (χ0v) is 10.9. The number of rotatable bonds is 4. The van der Waals surface area contributed by atoms with Crippen LogP contribution in [0.15, 0.2) is 18.2 Å². The van der Waals surface area contributed by atoms with E-state index in [2.05, 4.69) is 12.1 Å². The van der Waals surface area contributed by atoms with Gasteiger partial charge >= 0.3 is 0 Å². The Labute approximate surface area is 108 Å². The first kappa shape index (κ1) is 11.8. The van der Waals surface area contributed by atoms with Gasteiger partial charge < -0.3 is 15.2 Å². The Kier molecular flexibility index (Phi) is 2.94. The van der Waals surface area contributed by atoms with E-state index < -0.39 is 0 Å². The Balaban J connectivity index is 1.85. The zero-order valence-electron chi connectivity index (χ0n) is 10.9. The molecule has 2 aliphatic rings. The van der Waals surface area contributed by atoms with E-state index >= 15 is 0 Å². The first-order valence-corrected chi connectivity index (χ1v) is 6.85. The lowest BCUT2D eigenvalue weighted by Gasteiger charge is -2.39. The Hall–Kier alpha value is -1.22. The first-order chi connectivity index (χ1) is 8.71. The second kappa shape index (κ2) is 4.47. The molecule has 2 N–H and O–H groups in total. The van der Waals surface area contributed by atoms with Crippen LogP contribution >= 0.6 is 0 Å². The fraction of sp³-hybridized carbons (Fsp3) is 0.600. The molecule has 98 valence electrons. The number of hydrogen-bond donors (Lipinski definition) is 1. The van der Waals surface area contributed by atoms with Gasteiger partial charge in [-0.25, -0.2) is 0 Å². The molecule has 0 aromatic heterocycles. The summed E-state index contributed by atoms with van der Waals surface area (Å²) in [4.78, 5) is 0. The normalized spacial score (nSPS) is 21.9. The average Bonchev–Trinajstić information content (AvgIpc) is 2.30. The summed E-state index contributed by atoms with van der Waals surface area (Å²) in [5.74, 6) is 1.67. The highest BCUT2D eigenvalue weighted by Gasteiger charge is 2.35. The van der Waals surface area contributed by atoms with Crippen molar-refractivity contribution < 1.29 is 9.47 Å². The monoisotopic (exact) mass is 247 g/mol. The van der Waals surface area contributed by atoms with Crippen molar-refractivity contribution in [3.63, 3.8) is 0 Å². The highest BCUT2D eigenvalue weighted by atomic mass is 16.5. The lowest BCUT2D eigenvalue weighted by Crippen LogP contribution is -2.43. The third-order valence-corrected chi connectivity index (χ3v) is 4.33. The molecule has 0 amide bonds. The Bertz CT molecular complexity index is 436. The highest BCUT2D eigenvalue weighted by Crippen LogP contribution is 2.42. The minimum absolute atomic E-state index is 0.135. The molecule has 3 heteroatoms. The minimum atomic E-state index is -0.135. The molecule has 1 aromatic carbocycles. The Morgan fingerprint density at radius 1 is 1.17 bits per heavy atom. The largest absolute Gasteiger partial charge is 0.493 e. The van der Waals surface area contributed by atoms with Gasteiger partial charge in [0, 0.05) is 5.54 Å². The van der Waals surface area contributed by atoms with Crippen LogP contribution in [0.25, 0.3) is 0 Å². The lowest BCUT2D eigenvalue weighted by molar-refractivity contribution is 0.115. The van der Waals surface area contributed by atoms with E-state index in [9.17, 15) is 0 Å². The predicted octanol–water partition coefficient (Wildman–Crippen LogP) is 2.96. The summed E-state index contributed by atoms with van der Waals surface area (Å²) < 4.78 is 11.4. The standard InChI is InChI=1S/C15H21NO2/c1-17-13-7-6-11(15(16)8-3-9-15)10-14(13)18-12-4-2-5-12/h6-7,10,12H,2-5,8-9,16H2,1H3. The molecule has 2 aliphatic carbocycles. The number of methoxy groups -OCH3 is 1. The molecule has 3 nitrogen and oxygen atoms in total. The van der Waals surface area contributed by atoms with Crippen LogP contribution in [0.3, 0.4) is 0 Å². The van der Waals surface area contributed by atoms with Crippen molar-refractivity contribution in [1.82, 2.24) is 0 Å². The number of nitrogens with two attached hydrogens (primary N) is 1. The number of ether oxygens (including phenoxy) is 2. The second-order valence-electron chi connectivity index (χ2n) is 5.55. The summed E-state index contributed by atoms with van der Waals surface area (Å²) in [7, 11) is 1.68. The van der Waals surface area contributed by atoms with Crippen molar-refractivity contribution >= 4 is 0 Å². The fourth-order valence-corrected chi connectivity index (χ4v) is 2.59. The highest BCUT2D eigenvalue weighted by molar-refractivity contribution is 5.45. The summed E-state index contributed by atoms with van der Waals surface area (Å²) in [6, 6.07) is 6.14. The molecular weight excluding hydrogens is 226 g/mol. The maximum Gasteiger partial charge on any atom is 0.161 e. The topological polar surface area (TPSA) is 44.5 Å². The molecule has 0 spiro atoms. The second-order valence-corrected chi connectivity index (χ2v) is 5.55. The van der Waals surface area contributed by atoms with Gasteiger partial charge in [-0.3, -0.25) is 0 Å². The zero-order chi connectivity index (χ0) is 12.6. The van der Waals surface area contributed by atoms with Crippen LogP contribution in [-0.2, 0) is 5.54 Å². The summed E-state index contributed by atoms with van der Waals surface area (Å²) >= 11 is 0. The van der Waals surface area contributed by atoms with Crippen molar-refractivity contribution in [3.8, 4) is 11.5 Å². The van der Waals surface area contributed by atoms with Crippen LogP contribution in [-0.4, -0.2) is 13.2 Å². The van der Waals surface area contributed by atoms with Gasteiger partial charge in [0.05, 0.1) is 13.2 Å².